The molecule has 0 atom stereocenters. The zero-order valence-corrected chi connectivity index (χ0v) is 9.67. The van der Waals surface area contributed by atoms with Crippen molar-refractivity contribution in [1.82, 2.24) is 5.32 Å². The third-order valence-corrected chi connectivity index (χ3v) is 2.22. The predicted octanol–water partition coefficient (Wildman–Crippen LogP) is 1.63. The van der Waals surface area contributed by atoms with E-state index in [4.69, 9.17) is 5.11 Å². The summed E-state index contributed by atoms with van der Waals surface area (Å²) in [5.74, 6) is -1.07. The molecular weight excluding hydrogens is 209 g/mol. The van der Waals surface area contributed by atoms with Crippen molar-refractivity contribution in [3.8, 4) is 0 Å². The first-order valence-electron chi connectivity index (χ1n) is 5.05. The number of rotatable bonds is 3. The van der Waals surface area contributed by atoms with E-state index >= 15 is 0 Å². The van der Waals surface area contributed by atoms with Crippen molar-refractivity contribution in [3.63, 3.8) is 0 Å². The Labute approximate surface area is 94.3 Å². The highest BCUT2D eigenvalue weighted by Gasteiger charge is 2.21. The van der Waals surface area contributed by atoms with Gasteiger partial charge in [-0.15, -0.1) is 0 Å². The quantitative estimate of drug-likeness (QED) is 0.821. The number of aliphatic hydroxyl groups is 1. The summed E-state index contributed by atoms with van der Waals surface area (Å²) in [7, 11) is 0. The fourth-order valence-corrected chi connectivity index (χ4v) is 1.22. The third-order valence-electron chi connectivity index (χ3n) is 2.22. The van der Waals surface area contributed by atoms with Crippen molar-refractivity contribution in [1.29, 1.82) is 0 Å². The van der Waals surface area contributed by atoms with Crippen LogP contribution in [0, 0.1) is 12.7 Å². The monoisotopic (exact) mass is 225 g/mol. The maximum atomic E-state index is 13.5. The summed E-state index contributed by atoms with van der Waals surface area (Å²) in [6.07, 6.45) is 0. The van der Waals surface area contributed by atoms with Gasteiger partial charge in [0.25, 0.3) is 5.91 Å². The van der Waals surface area contributed by atoms with Crippen molar-refractivity contribution in [3.05, 3.63) is 35.1 Å². The van der Waals surface area contributed by atoms with Gasteiger partial charge in [0.1, 0.15) is 5.82 Å². The Kier molecular flexibility index (Phi) is 3.65. The Morgan fingerprint density at radius 2 is 2.12 bits per heavy atom. The number of carbonyl (C=O) groups excluding carboxylic acids is 1. The molecule has 0 fully saturated rings. The molecule has 1 aromatic rings. The summed E-state index contributed by atoms with van der Waals surface area (Å²) in [5.41, 5.74) is -0.00314. The summed E-state index contributed by atoms with van der Waals surface area (Å²) >= 11 is 0. The van der Waals surface area contributed by atoms with Gasteiger partial charge in [0.05, 0.1) is 17.7 Å². The van der Waals surface area contributed by atoms with Gasteiger partial charge in [0.15, 0.2) is 0 Å². The van der Waals surface area contributed by atoms with Crippen LogP contribution in [0.4, 0.5) is 4.39 Å². The molecule has 3 nitrogen and oxygen atoms in total. The highest BCUT2D eigenvalue weighted by atomic mass is 19.1. The SMILES string of the molecule is Cc1ccc(C(=O)NC(C)(C)CO)c(F)c1. The molecule has 0 aliphatic carbocycles. The van der Waals surface area contributed by atoms with E-state index in [0.717, 1.165) is 5.56 Å². The van der Waals surface area contributed by atoms with E-state index < -0.39 is 17.3 Å². The third kappa shape index (κ3) is 3.03. The van der Waals surface area contributed by atoms with Crippen LogP contribution >= 0.6 is 0 Å². The van der Waals surface area contributed by atoms with Crippen LogP contribution in [-0.2, 0) is 0 Å². The van der Waals surface area contributed by atoms with E-state index in [2.05, 4.69) is 5.32 Å². The Bertz CT molecular complexity index is 402. The molecule has 0 saturated heterocycles. The zero-order chi connectivity index (χ0) is 12.3. The lowest BCUT2D eigenvalue weighted by Gasteiger charge is -2.23. The van der Waals surface area contributed by atoms with E-state index in [0.29, 0.717) is 0 Å². The minimum Gasteiger partial charge on any atom is -0.394 e. The molecule has 0 unspecified atom stereocenters. The second kappa shape index (κ2) is 4.61. The number of amides is 1. The smallest absolute Gasteiger partial charge is 0.254 e. The summed E-state index contributed by atoms with van der Waals surface area (Å²) in [5, 5.41) is 11.5. The first-order valence-corrected chi connectivity index (χ1v) is 5.05. The van der Waals surface area contributed by atoms with Gasteiger partial charge >= 0.3 is 0 Å². The molecule has 1 aromatic carbocycles. The molecule has 0 aliphatic rings. The summed E-state index contributed by atoms with van der Waals surface area (Å²) < 4.78 is 13.5. The number of hydrogen-bond acceptors (Lipinski definition) is 2. The molecule has 0 spiro atoms. The number of nitrogens with one attached hydrogen (secondary N) is 1. The van der Waals surface area contributed by atoms with Gasteiger partial charge in [0, 0.05) is 0 Å². The second-order valence-electron chi connectivity index (χ2n) is 4.48. The number of halogens is 1. The van der Waals surface area contributed by atoms with Crippen molar-refractivity contribution in [2.24, 2.45) is 0 Å². The molecule has 0 aliphatic heterocycles. The average Bonchev–Trinajstić information content (AvgIpc) is 2.16. The van der Waals surface area contributed by atoms with Crippen LogP contribution in [0.5, 0.6) is 0 Å². The minimum absolute atomic E-state index is 0.00729. The van der Waals surface area contributed by atoms with Gasteiger partial charge in [-0.05, 0) is 38.5 Å². The summed E-state index contributed by atoms with van der Waals surface area (Å²) in [6, 6.07) is 4.41. The van der Waals surface area contributed by atoms with Crippen LogP contribution in [0.2, 0.25) is 0 Å². The van der Waals surface area contributed by atoms with Crippen molar-refractivity contribution >= 4 is 5.91 Å². The largest absolute Gasteiger partial charge is 0.394 e. The molecule has 2 N–H and O–H groups in total. The molecule has 0 radical (unpaired) electrons. The van der Waals surface area contributed by atoms with E-state index in [1.165, 1.54) is 12.1 Å². The molecular formula is C12H16FNO2. The Hall–Kier alpha value is -1.42. The van der Waals surface area contributed by atoms with Gasteiger partial charge < -0.3 is 10.4 Å². The fourth-order valence-electron chi connectivity index (χ4n) is 1.22. The lowest BCUT2D eigenvalue weighted by molar-refractivity contribution is 0.0865. The number of carbonyl (C=O) groups is 1. The van der Waals surface area contributed by atoms with Crippen molar-refractivity contribution < 1.29 is 14.3 Å². The van der Waals surface area contributed by atoms with Crippen LogP contribution in [0.1, 0.15) is 29.8 Å². The van der Waals surface area contributed by atoms with Crippen LogP contribution < -0.4 is 5.32 Å². The number of aryl methyl sites for hydroxylation is 1. The van der Waals surface area contributed by atoms with Gasteiger partial charge in [-0.1, -0.05) is 6.07 Å². The number of benzene rings is 1. The molecule has 16 heavy (non-hydrogen) atoms. The molecule has 0 bridgehead atoms. The maximum Gasteiger partial charge on any atom is 0.254 e. The van der Waals surface area contributed by atoms with Gasteiger partial charge in [-0.3, -0.25) is 4.79 Å². The minimum atomic E-state index is -0.756. The average molecular weight is 225 g/mol. The Morgan fingerprint density at radius 1 is 1.50 bits per heavy atom. The lowest BCUT2D eigenvalue weighted by atomic mass is 10.1. The van der Waals surface area contributed by atoms with Crippen LogP contribution in [0.25, 0.3) is 0 Å². The lowest BCUT2D eigenvalue weighted by Crippen LogP contribution is -2.46. The highest BCUT2D eigenvalue weighted by Crippen LogP contribution is 2.11. The maximum absolute atomic E-state index is 13.5. The standard InChI is InChI=1S/C12H16FNO2/c1-8-4-5-9(10(13)6-8)11(16)14-12(2,3)7-15/h4-6,15H,7H2,1-3H3,(H,14,16). The molecule has 0 saturated carbocycles. The summed E-state index contributed by atoms with van der Waals surface area (Å²) in [6.45, 7) is 4.88. The highest BCUT2D eigenvalue weighted by molar-refractivity contribution is 5.95. The van der Waals surface area contributed by atoms with Crippen LogP contribution in [0.3, 0.4) is 0 Å². The molecule has 1 amide bonds. The number of aliphatic hydroxyl groups excluding tert-OH is 1. The topological polar surface area (TPSA) is 49.3 Å². The first kappa shape index (κ1) is 12.6. The van der Waals surface area contributed by atoms with Crippen molar-refractivity contribution in [2.45, 2.75) is 26.3 Å². The fraction of sp³-hybridized carbons (Fsp3) is 0.417. The van der Waals surface area contributed by atoms with Gasteiger partial charge in [-0.25, -0.2) is 4.39 Å². The normalized spacial score (nSPS) is 11.3. The number of hydrogen-bond donors (Lipinski definition) is 2. The van der Waals surface area contributed by atoms with Gasteiger partial charge in [0.2, 0.25) is 0 Å². The van der Waals surface area contributed by atoms with E-state index in [1.54, 1.807) is 26.8 Å². The van der Waals surface area contributed by atoms with Crippen LogP contribution in [-0.4, -0.2) is 23.2 Å². The molecule has 0 heterocycles. The van der Waals surface area contributed by atoms with Gasteiger partial charge in [-0.2, -0.15) is 0 Å². The first-order chi connectivity index (χ1) is 7.35. The van der Waals surface area contributed by atoms with E-state index in [-0.39, 0.29) is 12.2 Å². The molecule has 1 rings (SSSR count). The summed E-state index contributed by atoms with van der Waals surface area (Å²) in [4.78, 5) is 11.7. The second-order valence-corrected chi connectivity index (χ2v) is 4.48. The molecule has 0 aromatic heterocycles. The molecule has 88 valence electrons. The molecule has 4 heteroatoms. The van der Waals surface area contributed by atoms with Crippen molar-refractivity contribution in [2.75, 3.05) is 6.61 Å². The zero-order valence-electron chi connectivity index (χ0n) is 9.67. The van der Waals surface area contributed by atoms with E-state index in [1.807, 2.05) is 0 Å². The Morgan fingerprint density at radius 3 is 2.62 bits per heavy atom. The van der Waals surface area contributed by atoms with E-state index in [9.17, 15) is 9.18 Å². The Balaban J connectivity index is 2.89. The van der Waals surface area contributed by atoms with Crippen LogP contribution in [0.15, 0.2) is 18.2 Å². The predicted molar refractivity (Wildman–Crippen MR) is 59.8 cm³/mol.